The predicted octanol–water partition coefficient (Wildman–Crippen LogP) is -0.184. The monoisotopic (exact) mass is 373 g/mol. The molecule has 0 aliphatic carbocycles. The van der Waals surface area contributed by atoms with E-state index in [0.29, 0.717) is 22.7 Å². The molecule has 11 heavy (non-hydrogen) atoms. The van der Waals surface area contributed by atoms with E-state index in [1.54, 1.807) is 0 Å². The molecule has 8 N–H and O–H groups in total. The van der Waals surface area contributed by atoms with E-state index in [9.17, 15) is 0 Å². The number of nitrogens with two attached hydrogens (primary N) is 4. The first-order valence-corrected chi connectivity index (χ1v) is 2.73. The van der Waals surface area contributed by atoms with Crippen LogP contribution in [0, 0.1) is 36.0 Å². The van der Waals surface area contributed by atoms with Gasteiger partial charge in [-0.25, -0.2) is 0 Å². The van der Waals surface area contributed by atoms with Gasteiger partial charge in [-0.3, -0.25) is 0 Å². The molecule has 59 valence electrons. The molecule has 0 heterocycles. The summed E-state index contributed by atoms with van der Waals surface area (Å²) >= 11 is 0. The fourth-order valence-corrected chi connectivity index (χ4v) is 0.660. The van der Waals surface area contributed by atoms with Crippen molar-refractivity contribution in [3.8, 4) is 0 Å². The van der Waals surface area contributed by atoms with Gasteiger partial charge in [0.1, 0.15) is 0 Å². The first-order valence-electron chi connectivity index (χ1n) is 2.73. The van der Waals surface area contributed by atoms with Crippen LogP contribution in [-0.2, 0) is 0 Å². The van der Waals surface area contributed by atoms with Crippen molar-refractivity contribution in [2.24, 2.45) is 0 Å². The van der Waals surface area contributed by atoms with E-state index in [1.807, 2.05) is 0 Å². The first kappa shape index (κ1) is 10.4. The largest absolute Gasteiger partial charge is 0.446 e. The third kappa shape index (κ3) is 2.19. The van der Waals surface area contributed by atoms with E-state index < -0.39 is 0 Å². The Balaban J connectivity index is 0.000001000. The summed E-state index contributed by atoms with van der Waals surface area (Å²) in [5.41, 5.74) is 23.0. The maximum atomic E-state index is 5.42. The molecule has 0 aromatic heterocycles. The summed E-state index contributed by atoms with van der Waals surface area (Å²) in [4.78, 5) is 0. The number of benzene rings is 1. The summed E-state index contributed by atoms with van der Waals surface area (Å²) in [5.74, 6) is 0. The van der Waals surface area contributed by atoms with Crippen LogP contribution in [0.4, 0.5) is 22.7 Å². The van der Waals surface area contributed by atoms with Crippen molar-refractivity contribution >= 4 is 22.7 Å². The third-order valence-electron chi connectivity index (χ3n) is 1.19. The molecule has 0 amide bonds. The Kier molecular flexibility index (Phi) is 3.53. The van der Waals surface area contributed by atoms with Gasteiger partial charge in [0, 0.05) is 29.9 Å². The van der Waals surface area contributed by atoms with Crippen LogP contribution in [0.25, 0.3) is 0 Å². The van der Waals surface area contributed by atoms with Crippen molar-refractivity contribution in [2.45, 2.75) is 0 Å². The molecular formula is C6H9N4Np-. The standard InChI is InChI=1S/C6H9N4.Np/c7-3-1-4(8)6(10)5(9)2-3;/h1H,7-10H2;/q-1;. The maximum absolute atomic E-state index is 5.42. The predicted molar refractivity (Wildman–Crippen MR) is 42.9 cm³/mol. The van der Waals surface area contributed by atoms with Crippen LogP contribution in [-0.4, -0.2) is 0 Å². The van der Waals surface area contributed by atoms with Gasteiger partial charge in [-0.2, -0.15) is 0 Å². The fraction of sp³-hybridized carbons (Fsp3) is 0. The van der Waals surface area contributed by atoms with Crippen molar-refractivity contribution in [2.75, 3.05) is 22.9 Å². The topological polar surface area (TPSA) is 104 Å². The summed E-state index contributed by atoms with van der Waals surface area (Å²) in [7, 11) is 0. The number of rotatable bonds is 0. The molecule has 5 heteroatoms. The van der Waals surface area contributed by atoms with Crippen LogP contribution in [0.2, 0.25) is 0 Å². The van der Waals surface area contributed by atoms with Crippen LogP contribution in [0.15, 0.2) is 6.07 Å². The van der Waals surface area contributed by atoms with Crippen LogP contribution in [0.5, 0.6) is 0 Å². The zero-order valence-electron chi connectivity index (χ0n) is 5.83. The zero-order chi connectivity index (χ0) is 7.72. The van der Waals surface area contributed by atoms with Gasteiger partial charge in [0.2, 0.25) is 0 Å². The Bertz CT molecular complexity index is 238. The van der Waals surface area contributed by atoms with Crippen molar-refractivity contribution in [1.29, 1.82) is 0 Å². The minimum absolute atomic E-state index is 0. The van der Waals surface area contributed by atoms with Crippen molar-refractivity contribution < 1.29 is 29.9 Å². The average Bonchev–Trinajstić information content (AvgIpc) is 1.82. The molecule has 0 aliphatic rings. The molecule has 0 atom stereocenters. The van der Waals surface area contributed by atoms with Crippen molar-refractivity contribution in [3.63, 3.8) is 0 Å². The average molecular weight is 374 g/mol. The fourth-order valence-electron chi connectivity index (χ4n) is 0.660. The molecule has 1 aromatic carbocycles. The third-order valence-corrected chi connectivity index (χ3v) is 1.19. The molecule has 1 aromatic rings. The Morgan fingerprint density at radius 3 is 2.09 bits per heavy atom. The number of hydrogen-bond acceptors (Lipinski definition) is 4. The van der Waals surface area contributed by atoms with E-state index >= 15 is 0 Å². The Hall–Kier alpha value is -0.567. The molecular weight excluding hydrogens is 365 g/mol. The second-order valence-corrected chi connectivity index (χ2v) is 2.01. The van der Waals surface area contributed by atoms with Crippen LogP contribution >= 0.6 is 0 Å². The van der Waals surface area contributed by atoms with Gasteiger partial charge < -0.3 is 22.9 Å². The minimum Gasteiger partial charge on any atom is -0.446 e. The van der Waals surface area contributed by atoms with E-state index in [1.165, 1.54) is 6.07 Å². The second-order valence-electron chi connectivity index (χ2n) is 2.01. The quantitative estimate of drug-likeness (QED) is 0.374. The summed E-state index contributed by atoms with van der Waals surface area (Å²) in [6.45, 7) is 0. The van der Waals surface area contributed by atoms with Crippen molar-refractivity contribution in [1.82, 2.24) is 0 Å². The van der Waals surface area contributed by atoms with Crippen molar-refractivity contribution in [3.05, 3.63) is 12.1 Å². The Morgan fingerprint density at radius 1 is 1.09 bits per heavy atom. The van der Waals surface area contributed by atoms with Gasteiger partial charge in [0.05, 0.1) is 0 Å². The van der Waals surface area contributed by atoms with Gasteiger partial charge in [-0.15, -0.1) is 12.1 Å². The number of anilines is 4. The molecule has 0 saturated carbocycles. The molecule has 1 rings (SSSR count). The first-order chi connectivity index (χ1) is 4.61. The van der Waals surface area contributed by atoms with Crippen LogP contribution < -0.4 is 22.9 Å². The van der Waals surface area contributed by atoms with Gasteiger partial charge >= 0.3 is 0 Å². The zero-order valence-corrected chi connectivity index (χ0v) is 9.56. The Morgan fingerprint density at radius 2 is 1.64 bits per heavy atom. The molecule has 0 bridgehead atoms. The molecule has 0 aliphatic heterocycles. The summed E-state index contributed by atoms with van der Waals surface area (Å²) in [5, 5.41) is 0. The van der Waals surface area contributed by atoms with E-state index in [4.69, 9.17) is 22.9 Å². The summed E-state index contributed by atoms with van der Waals surface area (Å²) in [6, 6.07) is 4.15. The Labute approximate surface area is 87.6 Å². The molecule has 0 saturated heterocycles. The molecule has 1 radical (unpaired) electrons. The van der Waals surface area contributed by atoms with E-state index in [2.05, 4.69) is 6.07 Å². The molecule has 4 nitrogen and oxygen atoms in total. The van der Waals surface area contributed by atoms with Gasteiger partial charge in [0.15, 0.2) is 0 Å². The van der Waals surface area contributed by atoms with Crippen LogP contribution in [0.1, 0.15) is 0 Å². The smallest absolute Gasteiger partial charge is 0 e. The van der Waals surface area contributed by atoms with Gasteiger partial charge in [-0.05, 0) is 5.69 Å². The van der Waals surface area contributed by atoms with Gasteiger partial charge in [0.25, 0.3) is 0 Å². The second kappa shape index (κ2) is 3.72. The summed E-state index contributed by atoms with van der Waals surface area (Å²) < 4.78 is 0. The number of nitrogen functional groups attached to an aromatic ring is 4. The minimum atomic E-state index is 0. The molecule has 0 fully saturated rings. The molecule has 0 unspecified atom stereocenters. The SMILES string of the molecule is Nc1[c-]c(N)c(N)c(N)c1.[Np]. The summed E-state index contributed by atoms with van der Waals surface area (Å²) in [6.07, 6.45) is 0. The van der Waals surface area contributed by atoms with Crippen LogP contribution in [0.3, 0.4) is 0 Å². The van der Waals surface area contributed by atoms with Gasteiger partial charge in [-0.1, -0.05) is 17.1 Å². The normalized spacial score (nSPS) is 8.73. The van der Waals surface area contributed by atoms with E-state index in [-0.39, 0.29) is 29.9 Å². The molecule has 0 spiro atoms. The number of hydrogen-bond donors (Lipinski definition) is 4. The van der Waals surface area contributed by atoms with E-state index in [0.717, 1.165) is 0 Å². The maximum Gasteiger partial charge on any atom is 0 e.